The first-order chi connectivity index (χ1) is 8.48. The lowest BCUT2D eigenvalue weighted by Gasteiger charge is -2.36. The largest absolute Gasteiger partial charge is 0.478 e. The molecule has 0 aliphatic heterocycles. The molecule has 0 amide bonds. The number of aromatic carboxylic acids is 1. The summed E-state index contributed by atoms with van der Waals surface area (Å²) in [5, 5.41) is 12.5. The summed E-state index contributed by atoms with van der Waals surface area (Å²) in [5.41, 5.74) is 1.27. The molecule has 4 nitrogen and oxygen atoms in total. The molecule has 0 aromatic carbocycles. The fourth-order valence-corrected chi connectivity index (χ4v) is 2.73. The number of nitrogens with zero attached hydrogens (tertiary/aromatic N) is 1. The molecule has 1 heterocycles. The second-order valence-electron chi connectivity index (χ2n) is 5.83. The van der Waals surface area contributed by atoms with Gasteiger partial charge in [0.2, 0.25) is 0 Å². The number of anilines is 1. The molecule has 18 heavy (non-hydrogen) atoms. The summed E-state index contributed by atoms with van der Waals surface area (Å²) in [5.74, 6) is -0.930. The van der Waals surface area contributed by atoms with Crippen molar-refractivity contribution in [2.45, 2.75) is 45.6 Å². The highest BCUT2D eigenvalue weighted by Gasteiger charge is 2.28. The number of hydrogen-bond donors (Lipinski definition) is 2. The first-order valence-corrected chi connectivity index (χ1v) is 6.42. The molecular formula is C14H20N2O2. The minimum Gasteiger partial charge on any atom is -0.478 e. The van der Waals surface area contributed by atoms with Gasteiger partial charge in [0.15, 0.2) is 0 Å². The summed E-state index contributed by atoms with van der Waals surface area (Å²) in [6.45, 7) is 4.54. The lowest BCUT2D eigenvalue weighted by molar-refractivity contribution is 0.0697. The van der Waals surface area contributed by atoms with Gasteiger partial charge in [-0.3, -0.25) is 4.98 Å². The van der Waals surface area contributed by atoms with E-state index in [0.717, 1.165) is 12.8 Å². The first-order valence-electron chi connectivity index (χ1n) is 6.42. The topological polar surface area (TPSA) is 62.2 Å². The summed E-state index contributed by atoms with van der Waals surface area (Å²) < 4.78 is 0. The van der Waals surface area contributed by atoms with Gasteiger partial charge >= 0.3 is 5.97 Å². The quantitative estimate of drug-likeness (QED) is 0.862. The monoisotopic (exact) mass is 248 g/mol. The molecule has 4 heteroatoms. The van der Waals surface area contributed by atoms with E-state index in [1.807, 2.05) is 0 Å². The highest BCUT2D eigenvalue weighted by atomic mass is 16.4. The number of aromatic nitrogens is 1. The predicted octanol–water partition coefficient (Wildman–Crippen LogP) is 3.16. The van der Waals surface area contributed by atoms with Crippen LogP contribution in [-0.4, -0.2) is 22.1 Å². The molecule has 2 N–H and O–H groups in total. The van der Waals surface area contributed by atoms with Gasteiger partial charge in [-0.2, -0.15) is 0 Å². The van der Waals surface area contributed by atoms with Crippen LogP contribution in [0.4, 0.5) is 5.69 Å². The van der Waals surface area contributed by atoms with E-state index in [1.54, 1.807) is 12.3 Å². The second-order valence-corrected chi connectivity index (χ2v) is 5.83. The Morgan fingerprint density at radius 1 is 1.56 bits per heavy atom. The van der Waals surface area contributed by atoms with Gasteiger partial charge in [-0.1, -0.05) is 20.3 Å². The molecular weight excluding hydrogens is 228 g/mol. The van der Waals surface area contributed by atoms with Crippen LogP contribution in [0.1, 0.15) is 49.9 Å². The third-order valence-corrected chi connectivity index (χ3v) is 3.62. The number of pyridine rings is 1. The Labute approximate surface area is 107 Å². The molecule has 0 bridgehead atoms. The van der Waals surface area contributed by atoms with Crippen LogP contribution in [0.2, 0.25) is 0 Å². The maximum Gasteiger partial charge on any atom is 0.339 e. The van der Waals surface area contributed by atoms with E-state index in [9.17, 15) is 4.79 Å². The van der Waals surface area contributed by atoms with Gasteiger partial charge < -0.3 is 10.4 Å². The maximum absolute atomic E-state index is 11.1. The molecule has 1 unspecified atom stereocenters. The predicted molar refractivity (Wildman–Crippen MR) is 70.9 cm³/mol. The molecule has 0 spiro atoms. The van der Waals surface area contributed by atoms with E-state index >= 15 is 0 Å². The molecule has 1 atom stereocenters. The van der Waals surface area contributed by atoms with Gasteiger partial charge in [0.05, 0.1) is 5.69 Å². The molecule has 0 radical (unpaired) electrons. The van der Waals surface area contributed by atoms with Crippen molar-refractivity contribution in [3.05, 3.63) is 24.0 Å². The first kappa shape index (κ1) is 12.9. The van der Waals surface area contributed by atoms with Gasteiger partial charge in [-0.05, 0) is 30.7 Å². The van der Waals surface area contributed by atoms with E-state index < -0.39 is 5.97 Å². The molecule has 0 saturated heterocycles. The van der Waals surface area contributed by atoms with E-state index in [1.165, 1.54) is 19.0 Å². The Morgan fingerprint density at radius 2 is 2.33 bits per heavy atom. The molecule has 2 rings (SSSR count). The van der Waals surface area contributed by atoms with E-state index in [-0.39, 0.29) is 5.56 Å². The van der Waals surface area contributed by atoms with Crippen molar-refractivity contribution in [1.82, 2.24) is 4.98 Å². The van der Waals surface area contributed by atoms with E-state index in [2.05, 4.69) is 24.1 Å². The zero-order valence-electron chi connectivity index (χ0n) is 10.9. The number of hydrogen-bond acceptors (Lipinski definition) is 3. The zero-order valence-corrected chi connectivity index (χ0v) is 10.9. The summed E-state index contributed by atoms with van der Waals surface area (Å²) in [7, 11) is 0. The van der Waals surface area contributed by atoms with E-state index in [4.69, 9.17) is 5.11 Å². The minimum atomic E-state index is -0.930. The van der Waals surface area contributed by atoms with Gasteiger partial charge in [-0.15, -0.1) is 0 Å². The highest BCUT2D eigenvalue weighted by molar-refractivity contribution is 5.93. The molecule has 1 fully saturated rings. The molecule has 1 aromatic rings. The lowest BCUT2D eigenvalue weighted by Crippen LogP contribution is -2.32. The number of rotatable bonds is 3. The fraction of sp³-hybridized carbons (Fsp3) is 0.571. The van der Waals surface area contributed by atoms with Crippen LogP contribution in [0, 0.1) is 5.41 Å². The highest BCUT2D eigenvalue weighted by Crippen LogP contribution is 2.36. The standard InChI is InChI=1S/C14H20N2O2/c1-14(2)6-3-4-10(8-14)16-12-5-7-15-9-11(12)13(17)18/h5,7,9-10H,3-4,6,8H2,1-2H3,(H,15,16)(H,17,18). The lowest BCUT2D eigenvalue weighted by atomic mass is 9.75. The number of carboxylic acids is 1. The summed E-state index contributed by atoms with van der Waals surface area (Å²) in [6, 6.07) is 2.10. The van der Waals surface area contributed by atoms with Crippen LogP contribution < -0.4 is 5.32 Å². The van der Waals surface area contributed by atoms with Crippen LogP contribution in [0.5, 0.6) is 0 Å². The molecule has 1 saturated carbocycles. The van der Waals surface area contributed by atoms with Gasteiger partial charge in [0.25, 0.3) is 0 Å². The van der Waals surface area contributed by atoms with Crippen molar-refractivity contribution in [2.75, 3.05) is 5.32 Å². The Kier molecular flexibility index (Phi) is 3.55. The van der Waals surface area contributed by atoms with Crippen LogP contribution in [0.3, 0.4) is 0 Å². The van der Waals surface area contributed by atoms with Crippen LogP contribution >= 0.6 is 0 Å². The summed E-state index contributed by atoms with van der Waals surface area (Å²) in [4.78, 5) is 15.0. The van der Waals surface area contributed by atoms with Gasteiger partial charge in [-0.25, -0.2) is 4.79 Å². The fourth-order valence-electron chi connectivity index (χ4n) is 2.73. The molecule has 1 aromatic heterocycles. The number of carboxylic acid groups (broad SMARTS) is 1. The molecule has 98 valence electrons. The van der Waals surface area contributed by atoms with Crippen molar-refractivity contribution >= 4 is 11.7 Å². The second kappa shape index (κ2) is 4.96. The zero-order chi connectivity index (χ0) is 13.2. The Morgan fingerprint density at radius 3 is 3.00 bits per heavy atom. The van der Waals surface area contributed by atoms with Crippen molar-refractivity contribution in [3.8, 4) is 0 Å². The minimum absolute atomic E-state index is 0.251. The van der Waals surface area contributed by atoms with E-state index in [0.29, 0.717) is 17.1 Å². The molecule has 1 aliphatic rings. The third-order valence-electron chi connectivity index (χ3n) is 3.62. The normalized spacial score (nSPS) is 22.4. The average Bonchev–Trinajstić information content (AvgIpc) is 2.28. The van der Waals surface area contributed by atoms with Crippen LogP contribution in [-0.2, 0) is 0 Å². The van der Waals surface area contributed by atoms with Crippen molar-refractivity contribution < 1.29 is 9.90 Å². The average molecular weight is 248 g/mol. The third kappa shape index (κ3) is 3.00. The molecule has 1 aliphatic carbocycles. The SMILES string of the molecule is CC1(C)CCCC(Nc2ccncc2C(=O)O)C1. The number of carbonyl (C=O) groups is 1. The Bertz CT molecular complexity index is 443. The van der Waals surface area contributed by atoms with Crippen LogP contribution in [0.15, 0.2) is 18.5 Å². The Hall–Kier alpha value is -1.58. The smallest absolute Gasteiger partial charge is 0.339 e. The van der Waals surface area contributed by atoms with Gasteiger partial charge in [0, 0.05) is 18.4 Å². The maximum atomic E-state index is 11.1. The van der Waals surface area contributed by atoms with Crippen molar-refractivity contribution in [1.29, 1.82) is 0 Å². The van der Waals surface area contributed by atoms with Crippen LogP contribution in [0.25, 0.3) is 0 Å². The summed E-state index contributed by atoms with van der Waals surface area (Å²) >= 11 is 0. The van der Waals surface area contributed by atoms with Gasteiger partial charge in [0.1, 0.15) is 5.56 Å². The van der Waals surface area contributed by atoms with Crippen molar-refractivity contribution in [3.63, 3.8) is 0 Å². The Balaban J connectivity index is 2.12. The number of nitrogens with one attached hydrogen (secondary N) is 1. The summed E-state index contributed by atoms with van der Waals surface area (Å²) in [6.07, 6.45) is 7.64. The van der Waals surface area contributed by atoms with Crippen molar-refractivity contribution in [2.24, 2.45) is 5.41 Å².